The summed E-state index contributed by atoms with van der Waals surface area (Å²) in [4.78, 5) is 28.4. The van der Waals surface area contributed by atoms with Crippen LogP contribution in [-0.2, 0) is 9.63 Å². The first-order valence-corrected chi connectivity index (χ1v) is 7.41. The first kappa shape index (κ1) is 14.1. The molecular weight excluding hydrogens is 270 g/mol. The van der Waals surface area contributed by atoms with Crippen LogP contribution in [0.4, 0.5) is 0 Å². The normalized spacial score (nSPS) is 19.3. The molecule has 5 nitrogen and oxygen atoms in total. The molecule has 3 rings (SSSR count). The molecule has 0 aliphatic heterocycles. The van der Waals surface area contributed by atoms with Crippen LogP contribution in [0.25, 0.3) is 0 Å². The minimum atomic E-state index is -0.945. The van der Waals surface area contributed by atoms with E-state index in [1.165, 1.54) is 0 Å². The van der Waals surface area contributed by atoms with Gasteiger partial charge in [0.2, 0.25) is 0 Å². The summed E-state index contributed by atoms with van der Waals surface area (Å²) in [6.07, 6.45) is 4.33. The van der Waals surface area contributed by atoms with E-state index in [2.05, 4.69) is 5.48 Å². The predicted molar refractivity (Wildman–Crippen MR) is 75.4 cm³/mol. The van der Waals surface area contributed by atoms with Gasteiger partial charge in [0.25, 0.3) is 0 Å². The van der Waals surface area contributed by atoms with Gasteiger partial charge in [-0.25, -0.2) is 4.79 Å². The molecule has 0 aromatic heterocycles. The smallest absolute Gasteiger partial charge is 0.356 e. The number of hydrogen-bond donors (Lipinski definition) is 2. The van der Waals surface area contributed by atoms with Crippen molar-refractivity contribution >= 4 is 11.9 Å². The van der Waals surface area contributed by atoms with E-state index in [9.17, 15) is 14.7 Å². The summed E-state index contributed by atoms with van der Waals surface area (Å²) < 4.78 is 0. The lowest BCUT2D eigenvalue weighted by Gasteiger charge is -2.23. The van der Waals surface area contributed by atoms with Crippen molar-refractivity contribution in [1.82, 2.24) is 5.48 Å². The number of aliphatic carboxylic acids is 1. The molecule has 2 aliphatic rings. The summed E-state index contributed by atoms with van der Waals surface area (Å²) in [7, 11) is 0. The fourth-order valence-corrected chi connectivity index (χ4v) is 2.94. The van der Waals surface area contributed by atoms with Crippen LogP contribution in [0.3, 0.4) is 0 Å². The number of carboxylic acids is 1. The molecule has 0 heterocycles. The maximum Gasteiger partial charge on any atom is 0.356 e. The second-order valence-corrected chi connectivity index (χ2v) is 5.94. The van der Waals surface area contributed by atoms with Gasteiger partial charge in [-0.15, -0.1) is 5.48 Å². The third-order valence-electron chi connectivity index (χ3n) is 4.27. The summed E-state index contributed by atoms with van der Waals surface area (Å²) in [6.45, 7) is 0. The van der Waals surface area contributed by atoms with Crippen molar-refractivity contribution in [1.29, 1.82) is 0 Å². The molecule has 112 valence electrons. The van der Waals surface area contributed by atoms with Crippen LogP contribution in [-0.4, -0.2) is 23.1 Å². The molecule has 0 spiro atoms. The van der Waals surface area contributed by atoms with Crippen LogP contribution in [0, 0.1) is 17.8 Å². The summed E-state index contributed by atoms with van der Waals surface area (Å²) in [5, 5.41) is 9.43. The van der Waals surface area contributed by atoms with Gasteiger partial charge in [0.05, 0.1) is 5.56 Å². The monoisotopic (exact) mass is 289 g/mol. The van der Waals surface area contributed by atoms with Crippen LogP contribution in [0.15, 0.2) is 30.3 Å². The van der Waals surface area contributed by atoms with E-state index in [1.807, 2.05) is 0 Å². The summed E-state index contributed by atoms with van der Waals surface area (Å²) in [6, 6.07) is 7.75. The van der Waals surface area contributed by atoms with Crippen molar-refractivity contribution in [3.8, 4) is 0 Å². The third-order valence-corrected chi connectivity index (χ3v) is 4.27. The number of benzene rings is 1. The van der Waals surface area contributed by atoms with Crippen molar-refractivity contribution in [3.63, 3.8) is 0 Å². The Bertz CT molecular complexity index is 510. The summed E-state index contributed by atoms with van der Waals surface area (Å²) in [5.41, 5.74) is 2.92. The van der Waals surface area contributed by atoms with Gasteiger partial charge in [0, 0.05) is 0 Å². The van der Waals surface area contributed by atoms with Crippen molar-refractivity contribution in [2.75, 3.05) is 0 Å². The Morgan fingerprint density at radius 1 is 1.10 bits per heavy atom. The third kappa shape index (κ3) is 3.42. The van der Waals surface area contributed by atoms with Crippen molar-refractivity contribution in [2.45, 2.75) is 31.7 Å². The maximum absolute atomic E-state index is 11.9. The molecule has 0 amide bonds. The summed E-state index contributed by atoms with van der Waals surface area (Å²) in [5.74, 6) is -0.499. The van der Waals surface area contributed by atoms with Gasteiger partial charge in [-0.05, 0) is 55.6 Å². The Hall–Kier alpha value is -1.88. The fourth-order valence-electron chi connectivity index (χ4n) is 2.94. The molecule has 0 saturated heterocycles. The van der Waals surface area contributed by atoms with E-state index in [4.69, 9.17) is 4.84 Å². The predicted octanol–water partition coefficient (Wildman–Crippen LogP) is 2.24. The largest absolute Gasteiger partial charge is 0.480 e. The Balaban J connectivity index is 1.62. The molecular formula is C16H19NO4. The van der Waals surface area contributed by atoms with Crippen molar-refractivity contribution in [2.24, 2.45) is 17.8 Å². The standard InChI is InChI=1S/C16H19NO4/c18-15(19)14(13(10-6-7-10)11-8-9-11)17-21-16(20)12-4-2-1-3-5-12/h1-5,10-11,13-14,17H,6-9H2,(H,18,19)/t14-/m0/s1. The minimum Gasteiger partial charge on any atom is -0.480 e. The highest BCUT2D eigenvalue weighted by atomic mass is 16.7. The highest BCUT2D eigenvalue weighted by molar-refractivity contribution is 5.89. The van der Waals surface area contributed by atoms with Crippen molar-refractivity contribution in [3.05, 3.63) is 35.9 Å². The molecule has 2 saturated carbocycles. The number of hydroxylamine groups is 1. The second kappa shape index (κ2) is 5.85. The molecule has 1 atom stereocenters. The van der Waals surface area contributed by atoms with Gasteiger partial charge >= 0.3 is 11.9 Å². The lowest BCUT2D eigenvalue weighted by molar-refractivity contribution is -0.145. The molecule has 5 heteroatoms. The molecule has 1 aromatic rings. The van der Waals surface area contributed by atoms with Gasteiger partial charge in [0.1, 0.15) is 6.04 Å². The first-order valence-electron chi connectivity index (χ1n) is 7.41. The second-order valence-electron chi connectivity index (χ2n) is 5.94. The number of hydrogen-bond acceptors (Lipinski definition) is 4. The number of carboxylic acid groups (broad SMARTS) is 1. The van der Waals surface area contributed by atoms with Gasteiger partial charge in [-0.2, -0.15) is 0 Å². The summed E-state index contributed by atoms with van der Waals surface area (Å²) >= 11 is 0. The number of carbonyl (C=O) groups is 2. The van der Waals surface area contributed by atoms with Crippen LogP contribution >= 0.6 is 0 Å². The quantitative estimate of drug-likeness (QED) is 0.753. The zero-order valence-electron chi connectivity index (χ0n) is 11.7. The molecule has 2 aliphatic carbocycles. The highest BCUT2D eigenvalue weighted by Crippen LogP contribution is 2.50. The molecule has 2 N–H and O–H groups in total. The van der Waals surface area contributed by atoms with E-state index in [0.29, 0.717) is 17.4 Å². The average molecular weight is 289 g/mol. The molecule has 21 heavy (non-hydrogen) atoms. The fraction of sp³-hybridized carbons (Fsp3) is 0.500. The molecule has 0 bridgehead atoms. The number of nitrogens with one attached hydrogen (secondary N) is 1. The topological polar surface area (TPSA) is 75.6 Å². The first-order chi connectivity index (χ1) is 10.2. The van der Waals surface area contributed by atoms with E-state index in [-0.39, 0.29) is 5.92 Å². The molecule has 2 fully saturated rings. The number of rotatable bonds is 7. The Kier molecular flexibility index (Phi) is 3.92. The minimum absolute atomic E-state index is 0.0751. The van der Waals surface area contributed by atoms with E-state index >= 15 is 0 Å². The highest BCUT2D eigenvalue weighted by Gasteiger charge is 2.48. The Morgan fingerprint density at radius 3 is 2.14 bits per heavy atom. The zero-order chi connectivity index (χ0) is 14.8. The van der Waals surface area contributed by atoms with E-state index < -0.39 is 18.0 Å². The average Bonchev–Trinajstić information content (AvgIpc) is 3.37. The van der Waals surface area contributed by atoms with Gasteiger partial charge in [-0.3, -0.25) is 4.79 Å². The van der Waals surface area contributed by atoms with E-state index in [1.54, 1.807) is 30.3 Å². The maximum atomic E-state index is 11.9. The molecule has 1 aromatic carbocycles. The van der Waals surface area contributed by atoms with Crippen LogP contribution in [0.1, 0.15) is 36.0 Å². The number of carbonyl (C=O) groups excluding carboxylic acids is 1. The van der Waals surface area contributed by atoms with Crippen LogP contribution in [0.2, 0.25) is 0 Å². The lowest BCUT2D eigenvalue weighted by atomic mass is 9.90. The molecule has 0 radical (unpaired) electrons. The lowest BCUT2D eigenvalue weighted by Crippen LogP contribution is -2.45. The molecule has 0 unspecified atom stereocenters. The van der Waals surface area contributed by atoms with Crippen LogP contribution in [0.5, 0.6) is 0 Å². The van der Waals surface area contributed by atoms with Crippen LogP contribution < -0.4 is 5.48 Å². The van der Waals surface area contributed by atoms with Gasteiger partial charge in [0.15, 0.2) is 0 Å². The van der Waals surface area contributed by atoms with Crippen molar-refractivity contribution < 1.29 is 19.5 Å². The van der Waals surface area contributed by atoms with Gasteiger partial charge in [-0.1, -0.05) is 18.2 Å². The van der Waals surface area contributed by atoms with Gasteiger partial charge < -0.3 is 9.94 Å². The Morgan fingerprint density at radius 2 is 1.67 bits per heavy atom. The van der Waals surface area contributed by atoms with E-state index in [0.717, 1.165) is 25.7 Å². The Labute approximate surface area is 123 Å². The zero-order valence-corrected chi connectivity index (χ0v) is 11.7. The SMILES string of the molecule is O=C(ON[C@H](C(=O)O)C(C1CC1)C1CC1)c1ccccc1.